The number of hydrogen-bond donors (Lipinski definition) is 0. The van der Waals surface area contributed by atoms with Gasteiger partial charge in [-0.2, -0.15) is 0 Å². The van der Waals surface area contributed by atoms with Crippen molar-refractivity contribution in [3.8, 4) is 0 Å². The Morgan fingerprint density at radius 2 is 2.17 bits per heavy atom. The summed E-state index contributed by atoms with van der Waals surface area (Å²) in [6.07, 6.45) is 3.92. The van der Waals surface area contributed by atoms with Gasteiger partial charge in [0.25, 0.3) is 0 Å². The quantitative estimate of drug-likeness (QED) is 0.481. The van der Waals surface area contributed by atoms with Crippen LogP contribution in [-0.4, -0.2) is 28.0 Å². The van der Waals surface area contributed by atoms with Crippen LogP contribution < -0.4 is 0 Å². The third-order valence-electron chi connectivity index (χ3n) is 6.55. The van der Waals surface area contributed by atoms with E-state index in [1.807, 2.05) is 0 Å². The van der Waals surface area contributed by atoms with Gasteiger partial charge in [0, 0.05) is 39.9 Å². The highest BCUT2D eigenvalue weighted by molar-refractivity contribution is 14.1. The first-order valence-electron chi connectivity index (χ1n) is 8.99. The van der Waals surface area contributed by atoms with Crippen LogP contribution >= 0.6 is 22.6 Å². The second kappa shape index (κ2) is 5.22. The van der Waals surface area contributed by atoms with Crippen LogP contribution in [0.3, 0.4) is 0 Å². The lowest BCUT2D eigenvalue weighted by Gasteiger charge is -2.54. The number of nitrogens with zero attached hydrogens (tertiary/aromatic N) is 1. The summed E-state index contributed by atoms with van der Waals surface area (Å²) in [5, 5.41) is 1.38. The zero-order chi connectivity index (χ0) is 15.7. The molecular formula is C20H24INO. The lowest BCUT2D eigenvalue weighted by atomic mass is 9.66. The molecule has 4 bridgehead atoms. The molecule has 4 heterocycles. The van der Waals surface area contributed by atoms with Crippen molar-refractivity contribution in [2.45, 2.75) is 51.1 Å². The molecule has 2 nitrogen and oxygen atoms in total. The Balaban J connectivity index is 1.72. The molecule has 6 atom stereocenters. The number of aryl methyl sites for hydroxylation is 1. The molecular weight excluding hydrogens is 397 g/mol. The summed E-state index contributed by atoms with van der Waals surface area (Å²) < 4.78 is 7.76. The Bertz CT molecular complexity index is 766. The molecule has 1 aromatic heterocycles. The van der Waals surface area contributed by atoms with Gasteiger partial charge in [-0.1, -0.05) is 34.2 Å². The maximum absolute atomic E-state index is 6.48. The minimum atomic E-state index is 0.620. The van der Waals surface area contributed by atoms with Gasteiger partial charge in [0.1, 0.15) is 11.3 Å². The first kappa shape index (κ1) is 14.8. The molecule has 3 fully saturated rings. The maximum Gasteiger partial charge on any atom is 0.134 e. The third-order valence-corrected chi connectivity index (χ3v) is 7.68. The first-order chi connectivity index (χ1) is 11.2. The fourth-order valence-electron chi connectivity index (χ4n) is 5.66. The average Bonchev–Trinajstić information content (AvgIpc) is 2.88. The summed E-state index contributed by atoms with van der Waals surface area (Å²) in [6, 6.07) is 8.04. The molecule has 0 amide bonds. The van der Waals surface area contributed by atoms with Gasteiger partial charge >= 0.3 is 0 Å². The van der Waals surface area contributed by atoms with E-state index in [-0.39, 0.29) is 0 Å². The van der Waals surface area contributed by atoms with Crippen molar-refractivity contribution in [3.63, 3.8) is 0 Å². The number of piperidine rings is 2. The second-order valence-corrected chi connectivity index (χ2v) is 8.92. The Morgan fingerprint density at radius 1 is 1.30 bits per heavy atom. The van der Waals surface area contributed by atoms with Gasteiger partial charge in [0.15, 0.2) is 0 Å². The number of halogens is 1. The lowest BCUT2D eigenvalue weighted by molar-refractivity contribution is -0.0288. The first-order valence-corrected chi connectivity index (χ1v) is 10.5. The molecule has 4 aliphatic rings. The van der Waals surface area contributed by atoms with Crippen molar-refractivity contribution < 1.29 is 4.42 Å². The van der Waals surface area contributed by atoms with Crippen LogP contribution in [0, 0.1) is 18.8 Å². The van der Waals surface area contributed by atoms with Crippen LogP contribution in [0.1, 0.15) is 42.6 Å². The summed E-state index contributed by atoms with van der Waals surface area (Å²) in [4.78, 5) is 2.84. The number of rotatable bonds is 1. The van der Waals surface area contributed by atoms with E-state index in [1.54, 1.807) is 0 Å². The van der Waals surface area contributed by atoms with E-state index in [0.29, 0.717) is 18.0 Å². The highest BCUT2D eigenvalue weighted by Gasteiger charge is 2.51. The van der Waals surface area contributed by atoms with Crippen molar-refractivity contribution in [2.24, 2.45) is 11.8 Å². The van der Waals surface area contributed by atoms with Gasteiger partial charge in [-0.25, -0.2) is 0 Å². The Labute approximate surface area is 151 Å². The molecule has 6 rings (SSSR count). The molecule has 122 valence electrons. The van der Waals surface area contributed by atoms with Crippen LogP contribution in [0.25, 0.3) is 11.0 Å². The number of fused-ring (bicyclic) bond motifs is 4. The minimum absolute atomic E-state index is 0.620. The predicted octanol–water partition coefficient (Wildman–Crippen LogP) is 4.91. The number of benzene rings is 1. The molecule has 2 saturated heterocycles. The van der Waals surface area contributed by atoms with Gasteiger partial charge in [-0.05, 0) is 57.1 Å². The summed E-state index contributed by atoms with van der Waals surface area (Å²) in [6.45, 7) is 5.94. The van der Waals surface area contributed by atoms with E-state index in [1.165, 1.54) is 46.1 Å². The highest BCUT2D eigenvalue weighted by atomic mass is 127. The van der Waals surface area contributed by atoms with Gasteiger partial charge in [-0.3, -0.25) is 4.90 Å². The summed E-state index contributed by atoms with van der Waals surface area (Å²) in [7, 11) is 0. The molecule has 3 heteroatoms. The molecule has 0 N–H and O–H groups in total. The van der Waals surface area contributed by atoms with Crippen molar-refractivity contribution in [2.75, 3.05) is 11.0 Å². The zero-order valence-electron chi connectivity index (χ0n) is 13.9. The Morgan fingerprint density at radius 3 is 3.00 bits per heavy atom. The zero-order valence-corrected chi connectivity index (χ0v) is 16.0. The van der Waals surface area contributed by atoms with Crippen LogP contribution in [0.5, 0.6) is 0 Å². The van der Waals surface area contributed by atoms with Crippen LogP contribution in [0.2, 0.25) is 0 Å². The summed E-state index contributed by atoms with van der Waals surface area (Å²) in [5.41, 5.74) is 3.96. The van der Waals surface area contributed by atoms with Crippen molar-refractivity contribution in [1.82, 2.24) is 4.90 Å². The smallest absolute Gasteiger partial charge is 0.134 e. The van der Waals surface area contributed by atoms with E-state index in [0.717, 1.165) is 23.8 Å². The average molecular weight is 421 g/mol. The van der Waals surface area contributed by atoms with Gasteiger partial charge < -0.3 is 4.42 Å². The van der Waals surface area contributed by atoms with Crippen LogP contribution in [0.4, 0.5) is 0 Å². The largest absolute Gasteiger partial charge is 0.460 e. The number of hydrogen-bond acceptors (Lipinski definition) is 2. The number of furan rings is 1. The molecule has 0 spiro atoms. The third kappa shape index (κ3) is 2.08. The van der Waals surface area contributed by atoms with Gasteiger partial charge in [0.2, 0.25) is 0 Å². The van der Waals surface area contributed by atoms with Crippen LogP contribution in [-0.2, 0) is 6.42 Å². The molecule has 3 aliphatic heterocycles. The Kier molecular flexibility index (Phi) is 3.35. The summed E-state index contributed by atoms with van der Waals surface area (Å²) >= 11 is 2.61. The standard InChI is InChI=1S/C20H24INO/c1-11-3-4-18-15(5-11)16-6-12(2)22-10-13-7-14(9-21)19(22)17(8-13)20(16)23-18/h3-5,12-14,17,19H,6-10H2,1-2H3/t12-,13?,14?,17?,19?/m1/s1. The molecule has 1 saturated carbocycles. The second-order valence-electron chi connectivity index (χ2n) is 8.04. The molecule has 1 aliphatic carbocycles. The topological polar surface area (TPSA) is 16.4 Å². The molecule has 0 radical (unpaired) electrons. The normalized spacial score (nSPS) is 38.6. The van der Waals surface area contributed by atoms with Gasteiger partial charge in [0.05, 0.1) is 0 Å². The molecule has 2 aromatic rings. The lowest BCUT2D eigenvalue weighted by Crippen LogP contribution is -2.59. The molecule has 1 aromatic carbocycles. The van der Waals surface area contributed by atoms with Crippen LogP contribution in [0.15, 0.2) is 22.6 Å². The van der Waals surface area contributed by atoms with Crippen molar-refractivity contribution in [3.05, 3.63) is 35.1 Å². The monoisotopic (exact) mass is 421 g/mol. The molecule has 5 unspecified atom stereocenters. The van der Waals surface area contributed by atoms with Crippen molar-refractivity contribution in [1.29, 1.82) is 0 Å². The van der Waals surface area contributed by atoms with E-state index in [4.69, 9.17) is 4.42 Å². The van der Waals surface area contributed by atoms with E-state index >= 15 is 0 Å². The maximum atomic E-state index is 6.48. The SMILES string of the molecule is Cc1ccc2oc3c(c2c1)C[C@@H](C)N1CC2CC(CI)C1C3C2. The van der Waals surface area contributed by atoms with Gasteiger partial charge in [-0.15, -0.1) is 0 Å². The predicted molar refractivity (Wildman–Crippen MR) is 102 cm³/mol. The Hall–Kier alpha value is -0.550. The van der Waals surface area contributed by atoms with Crippen molar-refractivity contribution >= 4 is 33.6 Å². The fourth-order valence-corrected chi connectivity index (χ4v) is 6.54. The number of alkyl halides is 1. The van der Waals surface area contributed by atoms with E-state index in [9.17, 15) is 0 Å². The molecule has 23 heavy (non-hydrogen) atoms. The highest BCUT2D eigenvalue weighted by Crippen LogP contribution is 2.52. The summed E-state index contributed by atoms with van der Waals surface area (Å²) in [5.74, 6) is 3.67. The fraction of sp³-hybridized carbons (Fsp3) is 0.600. The van der Waals surface area contributed by atoms with E-state index in [2.05, 4.69) is 59.5 Å². The minimum Gasteiger partial charge on any atom is -0.460 e. The van der Waals surface area contributed by atoms with E-state index < -0.39 is 0 Å².